The third-order valence-electron chi connectivity index (χ3n) is 2.99. The van der Waals surface area contributed by atoms with Gasteiger partial charge in [-0.1, -0.05) is 5.16 Å². The molecule has 2 aromatic rings. The molecule has 0 aliphatic carbocycles. The van der Waals surface area contributed by atoms with Gasteiger partial charge in [0.15, 0.2) is 11.6 Å². The van der Waals surface area contributed by atoms with Gasteiger partial charge in [0, 0.05) is 17.1 Å². The van der Waals surface area contributed by atoms with Crippen LogP contribution in [0.3, 0.4) is 0 Å². The topological polar surface area (TPSA) is 85.7 Å². The number of ether oxygens (including phenoxy) is 1. The molecule has 1 heterocycles. The molecule has 0 saturated heterocycles. The number of hydrogen-bond donors (Lipinski definition) is 2. The van der Waals surface area contributed by atoms with E-state index in [1.54, 1.807) is 22.9 Å². The molecule has 7 heteroatoms. The molecule has 0 unspecified atom stereocenters. The molecule has 0 bridgehead atoms. The molecule has 0 aliphatic heterocycles. The van der Waals surface area contributed by atoms with Gasteiger partial charge in [0.05, 0.1) is 5.69 Å². The predicted molar refractivity (Wildman–Crippen MR) is 79.4 cm³/mol. The normalized spacial score (nSPS) is 11.7. The molecule has 0 aliphatic rings. The van der Waals surface area contributed by atoms with E-state index in [2.05, 4.69) is 26.2 Å². The Morgan fingerprint density at radius 1 is 1.45 bits per heavy atom. The quantitative estimate of drug-likeness (QED) is 0.390. The van der Waals surface area contributed by atoms with Gasteiger partial charge in [-0.15, -0.1) is 0 Å². The Morgan fingerprint density at radius 2 is 2.15 bits per heavy atom. The highest BCUT2D eigenvalue weighted by molar-refractivity contribution is 9.10. The lowest BCUT2D eigenvalue weighted by molar-refractivity contribution is 0.318. The zero-order valence-corrected chi connectivity index (χ0v) is 13.0. The lowest BCUT2D eigenvalue weighted by Crippen LogP contribution is -2.13. The minimum absolute atomic E-state index is 0.0390. The number of hydrogen-bond acceptors (Lipinski definition) is 4. The number of aryl methyl sites for hydroxylation is 2. The van der Waals surface area contributed by atoms with Crippen LogP contribution in [0.5, 0.6) is 11.5 Å². The smallest absolute Gasteiger partial charge is 0.171 e. The average molecular weight is 339 g/mol. The van der Waals surface area contributed by atoms with Crippen LogP contribution in [0.4, 0.5) is 0 Å². The fraction of sp³-hybridized carbons (Fsp3) is 0.231. The second kappa shape index (κ2) is 5.54. The summed E-state index contributed by atoms with van der Waals surface area (Å²) >= 11 is 3.37. The van der Waals surface area contributed by atoms with Crippen molar-refractivity contribution in [2.75, 3.05) is 0 Å². The van der Waals surface area contributed by atoms with Crippen LogP contribution in [0, 0.1) is 13.8 Å². The molecule has 0 radical (unpaired) electrons. The number of rotatable bonds is 3. The molecule has 1 aromatic heterocycles. The first kappa shape index (κ1) is 14.4. The maximum atomic E-state index is 8.69. The number of nitrogens with two attached hydrogens (primary N) is 1. The minimum Gasteiger partial charge on any atom is -0.453 e. The molecule has 20 heavy (non-hydrogen) atoms. The van der Waals surface area contributed by atoms with Crippen LogP contribution in [0.15, 0.2) is 27.8 Å². The number of amidine groups is 1. The van der Waals surface area contributed by atoms with Gasteiger partial charge in [-0.3, -0.25) is 4.68 Å². The van der Waals surface area contributed by atoms with Crippen LogP contribution in [0.1, 0.15) is 17.0 Å². The van der Waals surface area contributed by atoms with Crippen molar-refractivity contribution in [3.05, 3.63) is 39.6 Å². The van der Waals surface area contributed by atoms with Crippen molar-refractivity contribution in [3.8, 4) is 11.5 Å². The first-order valence-electron chi connectivity index (χ1n) is 5.89. The van der Waals surface area contributed by atoms with E-state index < -0.39 is 0 Å². The summed E-state index contributed by atoms with van der Waals surface area (Å²) in [6.45, 7) is 3.83. The van der Waals surface area contributed by atoms with E-state index in [-0.39, 0.29) is 5.84 Å². The van der Waals surface area contributed by atoms with E-state index in [0.29, 0.717) is 15.8 Å². The number of halogens is 1. The van der Waals surface area contributed by atoms with Crippen molar-refractivity contribution < 1.29 is 9.94 Å². The van der Waals surface area contributed by atoms with Gasteiger partial charge in [0.1, 0.15) is 11.4 Å². The fourth-order valence-electron chi connectivity index (χ4n) is 1.84. The Morgan fingerprint density at radius 3 is 2.65 bits per heavy atom. The summed E-state index contributed by atoms with van der Waals surface area (Å²) in [5.74, 6) is 1.42. The summed E-state index contributed by atoms with van der Waals surface area (Å²) in [5, 5.41) is 16.0. The average Bonchev–Trinajstić information content (AvgIpc) is 2.65. The van der Waals surface area contributed by atoms with Crippen molar-refractivity contribution in [1.82, 2.24) is 9.78 Å². The summed E-state index contributed by atoms with van der Waals surface area (Å²) in [5.41, 5.74) is 7.93. The lowest BCUT2D eigenvalue weighted by atomic mass is 10.2. The highest BCUT2D eigenvalue weighted by Gasteiger charge is 2.13. The van der Waals surface area contributed by atoms with Gasteiger partial charge in [0.25, 0.3) is 0 Å². The van der Waals surface area contributed by atoms with Gasteiger partial charge in [-0.2, -0.15) is 5.10 Å². The first-order chi connectivity index (χ1) is 9.43. The van der Waals surface area contributed by atoms with E-state index in [1.165, 1.54) is 0 Å². The predicted octanol–water partition coefficient (Wildman–Crippen LogP) is 2.69. The number of oxime groups is 1. The second-order valence-corrected chi connectivity index (χ2v) is 5.21. The maximum absolute atomic E-state index is 8.69. The molecule has 0 amide bonds. The van der Waals surface area contributed by atoms with Crippen LogP contribution in [-0.2, 0) is 7.05 Å². The maximum Gasteiger partial charge on any atom is 0.171 e. The highest BCUT2D eigenvalue weighted by atomic mass is 79.9. The van der Waals surface area contributed by atoms with E-state index in [1.807, 2.05) is 20.9 Å². The summed E-state index contributed by atoms with van der Waals surface area (Å²) in [6, 6.07) is 5.23. The van der Waals surface area contributed by atoms with Crippen molar-refractivity contribution in [2.24, 2.45) is 17.9 Å². The third kappa shape index (κ3) is 2.62. The Hall–Kier alpha value is -2.02. The number of benzene rings is 1. The van der Waals surface area contributed by atoms with Crippen molar-refractivity contribution in [1.29, 1.82) is 0 Å². The monoisotopic (exact) mass is 338 g/mol. The van der Waals surface area contributed by atoms with Gasteiger partial charge in [-0.25, -0.2) is 0 Å². The van der Waals surface area contributed by atoms with E-state index in [9.17, 15) is 0 Å². The second-order valence-electron chi connectivity index (χ2n) is 4.35. The van der Waals surface area contributed by atoms with Crippen LogP contribution in [0.25, 0.3) is 0 Å². The first-order valence-corrected chi connectivity index (χ1v) is 6.68. The Bertz CT molecular complexity index is 679. The molecular formula is C13H15BrN4O2. The zero-order chi connectivity index (χ0) is 14.9. The van der Waals surface area contributed by atoms with Crippen molar-refractivity contribution in [3.63, 3.8) is 0 Å². The van der Waals surface area contributed by atoms with Gasteiger partial charge < -0.3 is 15.7 Å². The Labute approximate surface area is 125 Å². The number of nitrogens with zero attached hydrogens (tertiary/aromatic N) is 3. The standard InChI is InChI=1S/C13H15BrN4O2/c1-7-12(8(2)18(3)16-7)20-9-4-5-10(11(14)6-9)13(15)17-19/h4-6,19H,1-3H3,(H2,15,17). The van der Waals surface area contributed by atoms with Crippen molar-refractivity contribution in [2.45, 2.75) is 13.8 Å². The SMILES string of the molecule is Cc1nn(C)c(C)c1Oc1ccc(/C(N)=N/O)c(Br)c1. The van der Waals surface area contributed by atoms with Crippen LogP contribution in [-0.4, -0.2) is 20.8 Å². The zero-order valence-electron chi connectivity index (χ0n) is 11.4. The lowest BCUT2D eigenvalue weighted by Gasteiger charge is -2.08. The van der Waals surface area contributed by atoms with E-state index in [4.69, 9.17) is 15.7 Å². The summed E-state index contributed by atoms with van der Waals surface area (Å²) in [6.07, 6.45) is 0. The fourth-order valence-corrected chi connectivity index (χ4v) is 2.40. The highest BCUT2D eigenvalue weighted by Crippen LogP contribution is 2.30. The molecular weight excluding hydrogens is 324 g/mol. The third-order valence-corrected chi connectivity index (χ3v) is 3.64. The Balaban J connectivity index is 2.34. The molecule has 2 rings (SSSR count). The Kier molecular flexibility index (Phi) is 3.99. The summed E-state index contributed by atoms with van der Waals surface area (Å²) < 4.78 is 8.31. The van der Waals surface area contributed by atoms with Crippen LogP contribution < -0.4 is 10.5 Å². The van der Waals surface area contributed by atoms with E-state index in [0.717, 1.165) is 17.1 Å². The molecule has 0 spiro atoms. The van der Waals surface area contributed by atoms with Gasteiger partial charge in [-0.05, 0) is 48.0 Å². The minimum atomic E-state index is 0.0390. The van der Waals surface area contributed by atoms with Gasteiger partial charge in [0.2, 0.25) is 0 Å². The van der Waals surface area contributed by atoms with Gasteiger partial charge >= 0.3 is 0 Å². The molecule has 0 fully saturated rings. The summed E-state index contributed by atoms with van der Waals surface area (Å²) in [7, 11) is 1.87. The van der Waals surface area contributed by atoms with Crippen molar-refractivity contribution >= 4 is 21.8 Å². The molecule has 0 atom stereocenters. The molecule has 6 nitrogen and oxygen atoms in total. The largest absolute Gasteiger partial charge is 0.453 e. The number of aromatic nitrogens is 2. The molecule has 106 valence electrons. The molecule has 0 saturated carbocycles. The van der Waals surface area contributed by atoms with E-state index >= 15 is 0 Å². The molecule has 1 aromatic carbocycles. The van der Waals surface area contributed by atoms with Crippen LogP contribution in [0.2, 0.25) is 0 Å². The molecule has 3 N–H and O–H groups in total. The summed E-state index contributed by atoms with van der Waals surface area (Å²) in [4.78, 5) is 0. The van der Waals surface area contributed by atoms with Crippen LogP contribution >= 0.6 is 15.9 Å².